The molecule has 0 fully saturated rings. The van der Waals surface area contributed by atoms with Crippen molar-refractivity contribution >= 4 is 34.2 Å². The van der Waals surface area contributed by atoms with Crippen LogP contribution in [0.15, 0.2) is 172 Å². The number of allylic oxidation sites excluding steroid dienone is 9. The Balaban J connectivity index is 1.66. The lowest BCUT2D eigenvalue weighted by Gasteiger charge is -2.38. The van der Waals surface area contributed by atoms with Crippen molar-refractivity contribution in [3.63, 3.8) is 0 Å². The maximum absolute atomic E-state index is 11.9. The molecule has 0 bridgehead atoms. The monoisotopic (exact) mass is 720 g/mol. The standard InChI is InChI=1S/C49H52O3S/c1-9-33(5)47(50)48(51)34(6)35(7)53-42(10-2)29-28-37-20-14-15-21-43(37)46(44-22-16-17-23-45(44)49(8,52)32(3)4)41-27-26-39-30-38(24-25-40(39)31-41)36-18-12-11-13-19-36/h9-28,30-31,44-45,50-52H,3,29H2,1-2,4-8H3/b33-9+,35-34+,37-28+,42-10+,46-43-,48-47-. The number of benzene rings is 4. The molecule has 0 amide bonds. The van der Waals surface area contributed by atoms with E-state index in [0.717, 1.165) is 42.3 Å². The summed E-state index contributed by atoms with van der Waals surface area (Å²) in [6, 6.07) is 32.3. The minimum atomic E-state index is -1.13. The van der Waals surface area contributed by atoms with Crippen LogP contribution in [0.4, 0.5) is 0 Å². The summed E-state index contributed by atoms with van der Waals surface area (Å²) in [6.07, 6.45) is 15.3. The SMILES string of the molecule is C=C(C)C(C)(O)C1C=CC=CC1/C(c1ccc2cc(-c3ccccc3)ccc2c1)=c1/cccc/c1=C\C/C(=C\C)S/C(C)=C(C)/C(O)=C(O)\C(C)=C\C. The number of fused-ring (bicyclic) bond motifs is 1. The molecular formula is C49H52O3S. The van der Waals surface area contributed by atoms with Gasteiger partial charge >= 0.3 is 0 Å². The zero-order valence-electron chi connectivity index (χ0n) is 32.0. The maximum atomic E-state index is 11.9. The summed E-state index contributed by atoms with van der Waals surface area (Å²) in [7, 11) is 0. The van der Waals surface area contributed by atoms with Gasteiger partial charge in [0.25, 0.3) is 0 Å². The van der Waals surface area contributed by atoms with Crippen LogP contribution in [0, 0.1) is 11.8 Å². The molecule has 4 aromatic rings. The number of thioether (sulfide) groups is 1. The Kier molecular flexibility index (Phi) is 12.7. The van der Waals surface area contributed by atoms with E-state index in [1.54, 1.807) is 24.8 Å². The Morgan fingerprint density at radius 3 is 2.13 bits per heavy atom. The average Bonchev–Trinajstić information content (AvgIpc) is 3.18. The minimum absolute atomic E-state index is 0.101. The molecule has 0 saturated heterocycles. The summed E-state index contributed by atoms with van der Waals surface area (Å²) < 4.78 is 0. The Hall–Kier alpha value is -5.03. The number of rotatable bonds is 11. The number of aliphatic hydroxyl groups is 3. The molecule has 272 valence electrons. The van der Waals surface area contributed by atoms with Gasteiger partial charge in [0.1, 0.15) is 0 Å². The lowest BCUT2D eigenvalue weighted by atomic mass is 9.69. The summed E-state index contributed by atoms with van der Waals surface area (Å²) in [5.74, 6) is -0.564. The van der Waals surface area contributed by atoms with Crippen molar-refractivity contribution in [2.24, 2.45) is 11.8 Å². The van der Waals surface area contributed by atoms with Crippen molar-refractivity contribution < 1.29 is 15.3 Å². The first-order valence-corrected chi connectivity index (χ1v) is 19.1. The van der Waals surface area contributed by atoms with Crippen LogP contribution in [0.3, 0.4) is 0 Å². The van der Waals surface area contributed by atoms with Gasteiger partial charge in [0, 0.05) is 17.4 Å². The van der Waals surface area contributed by atoms with Gasteiger partial charge in [-0.05, 0) is 131 Å². The second-order valence-corrected chi connectivity index (χ2v) is 15.3. The van der Waals surface area contributed by atoms with E-state index >= 15 is 0 Å². The molecule has 0 saturated carbocycles. The third-order valence-corrected chi connectivity index (χ3v) is 11.8. The normalized spacial score (nSPS) is 19.4. The average molecular weight is 721 g/mol. The fourth-order valence-electron chi connectivity index (χ4n) is 6.75. The number of aliphatic hydroxyl groups excluding tert-OH is 2. The van der Waals surface area contributed by atoms with Gasteiger partial charge in [-0.1, -0.05) is 140 Å². The van der Waals surface area contributed by atoms with Crippen molar-refractivity contribution in [1.82, 2.24) is 0 Å². The fraction of sp³-hybridized carbons (Fsp3) is 0.224. The summed E-state index contributed by atoms with van der Waals surface area (Å²) in [6.45, 7) is 17.4. The second kappa shape index (κ2) is 17.2. The van der Waals surface area contributed by atoms with E-state index < -0.39 is 5.60 Å². The zero-order chi connectivity index (χ0) is 38.3. The molecule has 3 atom stereocenters. The Morgan fingerprint density at radius 1 is 0.774 bits per heavy atom. The van der Waals surface area contributed by atoms with E-state index in [9.17, 15) is 15.3 Å². The Morgan fingerprint density at radius 2 is 1.43 bits per heavy atom. The summed E-state index contributed by atoms with van der Waals surface area (Å²) >= 11 is 1.60. The van der Waals surface area contributed by atoms with E-state index in [0.29, 0.717) is 17.6 Å². The molecule has 3 N–H and O–H groups in total. The molecule has 4 aromatic carbocycles. The van der Waals surface area contributed by atoms with Crippen LogP contribution < -0.4 is 10.4 Å². The molecule has 0 radical (unpaired) electrons. The van der Waals surface area contributed by atoms with Crippen LogP contribution in [0.25, 0.3) is 33.5 Å². The van der Waals surface area contributed by atoms with E-state index in [4.69, 9.17) is 0 Å². The highest BCUT2D eigenvalue weighted by molar-refractivity contribution is 8.06. The first kappa shape index (κ1) is 39.2. The van der Waals surface area contributed by atoms with Crippen molar-refractivity contribution in [2.45, 2.75) is 60.5 Å². The summed E-state index contributed by atoms with van der Waals surface area (Å²) in [5.41, 5.74) is 5.48. The first-order chi connectivity index (χ1) is 25.4. The van der Waals surface area contributed by atoms with Crippen LogP contribution in [0.2, 0.25) is 0 Å². The molecule has 1 aliphatic rings. The third kappa shape index (κ3) is 8.79. The second-order valence-electron chi connectivity index (χ2n) is 14.0. The molecule has 1 aliphatic carbocycles. The summed E-state index contributed by atoms with van der Waals surface area (Å²) in [5, 5.41) is 37.7. The molecule has 5 rings (SSSR count). The van der Waals surface area contributed by atoms with Gasteiger partial charge in [0.2, 0.25) is 0 Å². The highest BCUT2D eigenvalue weighted by atomic mass is 32.2. The summed E-state index contributed by atoms with van der Waals surface area (Å²) in [4.78, 5) is 2.03. The Bertz CT molecular complexity index is 2310. The van der Waals surface area contributed by atoms with E-state index in [1.165, 1.54) is 16.5 Å². The van der Waals surface area contributed by atoms with Gasteiger partial charge < -0.3 is 15.3 Å². The van der Waals surface area contributed by atoms with Crippen molar-refractivity contribution in [3.05, 3.63) is 188 Å². The van der Waals surface area contributed by atoms with Crippen LogP contribution >= 0.6 is 11.8 Å². The van der Waals surface area contributed by atoms with Crippen molar-refractivity contribution in [3.8, 4) is 11.1 Å². The highest BCUT2D eigenvalue weighted by Crippen LogP contribution is 2.41. The lowest BCUT2D eigenvalue weighted by Crippen LogP contribution is -2.41. The van der Waals surface area contributed by atoms with Crippen LogP contribution in [0.5, 0.6) is 0 Å². The molecule has 3 nitrogen and oxygen atoms in total. The zero-order valence-corrected chi connectivity index (χ0v) is 32.8. The minimum Gasteiger partial charge on any atom is -0.504 e. The third-order valence-electron chi connectivity index (χ3n) is 10.5. The largest absolute Gasteiger partial charge is 0.504 e. The van der Waals surface area contributed by atoms with Crippen molar-refractivity contribution in [2.75, 3.05) is 0 Å². The molecule has 0 aliphatic heterocycles. The molecule has 0 spiro atoms. The van der Waals surface area contributed by atoms with Gasteiger partial charge in [-0.25, -0.2) is 0 Å². The van der Waals surface area contributed by atoms with Crippen LogP contribution in [0.1, 0.15) is 60.5 Å². The van der Waals surface area contributed by atoms with Gasteiger partial charge in [0.15, 0.2) is 11.5 Å². The van der Waals surface area contributed by atoms with E-state index in [-0.39, 0.29) is 23.4 Å². The van der Waals surface area contributed by atoms with E-state index in [2.05, 4.69) is 122 Å². The lowest BCUT2D eigenvalue weighted by molar-refractivity contribution is 0.0460. The fourth-order valence-corrected chi connectivity index (χ4v) is 7.67. The van der Waals surface area contributed by atoms with Gasteiger partial charge in [-0.3, -0.25) is 0 Å². The smallest absolute Gasteiger partial charge is 0.161 e. The topological polar surface area (TPSA) is 60.7 Å². The van der Waals surface area contributed by atoms with Gasteiger partial charge in [0.05, 0.1) is 5.60 Å². The quantitative estimate of drug-likeness (QED) is 0.0820. The predicted octanol–water partition coefficient (Wildman–Crippen LogP) is 11.8. The molecule has 0 heterocycles. The van der Waals surface area contributed by atoms with Crippen molar-refractivity contribution in [1.29, 1.82) is 0 Å². The predicted molar refractivity (Wildman–Crippen MR) is 229 cm³/mol. The molecule has 4 heteroatoms. The molecular weight excluding hydrogens is 669 g/mol. The Labute approximate surface area is 319 Å². The molecule has 53 heavy (non-hydrogen) atoms. The van der Waals surface area contributed by atoms with Gasteiger partial charge in [-0.15, -0.1) is 0 Å². The highest BCUT2D eigenvalue weighted by Gasteiger charge is 2.38. The number of hydrogen-bond donors (Lipinski definition) is 3. The molecule has 3 unspecified atom stereocenters. The van der Waals surface area contributed by atoms with Crippen LogP contribution in [-0.2, 0) is 0 Å². The number of hydrogen-bond acceptors (Lipinski definition) is 4. The maximum Gasteiger partial charge on any atom is 0.161 e. The van der Waals surface area contributed by atoms with E-state index in [1.807, 2.05) is 53.7 Å². The first-order valence-electron chi connectivity index (χ1n) is 18.3. The van der Waals surface area contributed by atoms with Gasteiger partial charge in [-0.2, -0.15) is 0 Å². The molecule has 0 aromatic heterocycles. The van der Waals surface area contributed by atoms with Crippen LogP contribution in [-0.4, -0.2) is 20.9 Å².